The molecule has 2 aromatic rings. The summed E-state index contributed by atoms with van der Waals surface area (Å²) in [6.07, 6.45) is 1.41. The monoisotopic (exact) mass is 306 g/mol. The second kappa shape index (κ2) is 6.67. The van der Waals surface area contributed by atoms with Crippen molar-refractivity contribution in [2.75, 3.05) is 0 Å². The van der Waals surface area contributed by atoms with Gasteiger partial charge in [-0.1, -0.05) is 30.3 Å². The zero-order valence-corrected chi connectivity index (χ0v) is 13.1. The number of benzene rings is 1. The summed E-state index contributed by atoms with van der Waals surface area (Å²) >= 11 is 0. The van der Waals surface area contributed by atoms with Crippen LogP contribution in [0.15, 0.2) is 45.3 Å². The molecule has 0 N–H and O–H groups in total. The van der Waals surface area contributed by atoms with E-state index in [1.54, 1.807) is 6.07 Å². The molecule has 0 aliphatic carbocycles. The molecule has 5 nitrogen and oxygen atoms in total. The van der Waals surface area contributed by atoms with Crippen LogP contribution in [0.3, 0.4) is 0 Å². The Balaban J connectivity index is 1.93. The highest BCUT2D eigenvalue weighted by Crippen LogP contribution is 2.14. The largest absolute Gasteiger partial charge is 0.471 e. The molecule has 6 heteroatoms. The molecule has 1 atom stereocenters. The summed E-state index contributed by atoms with van der Waals surface area (Å²) in [6.45, 7) is 5.98. The summed E-state index contributed by atoms with van der Waals surface area (Å²) in [6, 6.07) is 11.4. The van der Waals surface area contributed by atoms with Gasteiger partial charge in [-0.2, -0.15) is 4.40 Å². The first-order valence-electron chi connectivity index (χ1n) is 6.54. The molecule has 0 saturated carbocycles. The Kier molecular flexibility index (Phi) is 4.90. The van der Waals surface area contributed by atoms with Crippen LogP contribution in [-0.2, 0) is 17.6 Å². The van der Waals surface area contributed by atoms with Crippen molar-refractivity contribution in [1.82, 2.24) is 5.16 Å². The minimum atomic E-state index is -1.32. The lowest BCUT2D eigenvalue weighted by molar-refractivity contribution is 0.269. The number of aromatic nitrogens is 1. The van der Waals surface area contributed by atoms with E-state index in [0.717, 1.165) is 5.56 Å². The molecule has 0 aliphatic heterocycles. The zero-order valence-electron chi connectivity index (χ0n) is 12.3. The molecule has 1 aromatic heterocycles. The normalized spacial score (nSPS) is 13.5. The molecule has 0 aliphatic rings. The molecule has 21 heavy (non-hydrogen) atoms. The van der Waals surface area contributed by atoms with Crippen molar-refractivity contribution in [2.24, 2.45) is 4.40 Å². The molecule has 0 fully saturated rings. The third-order valence-corrected chi connectivity index (χ3v) is 3.88. The fraction of sp³-hybridized carbons (Fsp3) is 0.333. The summed E-state index contributed by atoms with van der Waals surface area (Å²) in [7, 11) is -1.32. The van der Waals surface area contributed by atoms with Crippen molar-refractivity contribution >= 4 is 17.2 Å². The zero-order chi connectivity index (χ0) is 15.3. The summed E-state index contributed by atoms with van der Waals surface area (Å²) in [5.74, 6) is 0.789. The predicted octanol–water partition coefficient (Wildman–Crippen LogP) is 3.13. The van der Waals surface area contributed by atoms with Gasteiger partial charge in [0.15, 0.2) is 5.76 Å². The van der Waals surface area contributed by atoms with Gasteiger partial charge in [-0.3, -0.25) is 0 Å². The van der Waals surface area contributed by atoms with Gasteiger partial charge in [0.25, 0.3) is 5.88 Å². The lowest BCUT2D eigenvalue weighted by Crippen LogP contribution is -2.19. The molecular formula is C15H18N2O3S. The van der Waals surface area contributed by atoms with Crippen LogP contribution in [0.5, 0.6) is 5.88 Å². The Hall–Kier alpha value is -1.95. The summed E-state index contributed by atoms with van der Waals surface area (Å²) in [4.78, 5) is 0. The van der Waals surface area contributed by atoms with E-state index in [0.29, 0.717) is 18.2 Å². The predicted molar refractivity (Wildman–Crippen MR) is 82.8 cm³/mol. The van der Waals surface area contributed by atoms with Crippen molar-refractivity contribution in [1.29, 1.82) is 0 Å². The van der Waals surface area contributed by atoms with E-state index < -0.39 is 15.7 Å². The third kappa shape index (κ3) is 4.82. The molecule has 1 heterocycles. The number of nitrogens with zero attached hydrogens (tertiary/aromatic N) is 2. The standard InChI is InChI=1S/C15H18N2O3S/c1-15(2,3)21(18)16-10-13-9-14(17-20-13)19-11-12-7-5-4-6-8-12/h4-10H,11H2,1-3H3/t21-/m0/s1. The highest BCUT2D eigenvalue weighted by Gasteiger charge is 2.18. The van der Waals surface area contributed by atoms with E-state index in [9.17, 15) is 4.21 Å². The minimum Gasteiger partial charge on any atom is -0.471 e. The fourth-order valence-electron chi connectivity index (χ4n) is 1.39. The summed E-state index contributed by atoms with van der Waals surface area (Å²) < 4.78 is 25.9. The number of rotatable bonds is 5. The van der Waals surface area contributed by atoms with Gasteiger partial charge in [-0.05, 0) is 31.5 Å². The lowest BCUT2D eigenvalue weighted by atomic mass is 10.2. The molecule has 0 unspecified atom stereocenters. The van der Waals surface area contributed by atoms with Gasteiger partial charge in [0.2, 0.25) is 0 Å². The first-order valence-corrected chi connectivity index (χ1v) is 7.65. The smallest absolute Gasteiger partial charge is 0.255 e. The molecule has 2 rings (SSSR count). The van der Waals surface area contributed by atoms with E-state index in [-0.39, 0.29) is 0 Å². The number of ether oxygens (including phenoxy) is 1. The van der Waals surface area contributed by atoms with Crippen molar-refractivity contribution in [3.05, 3.63) is 47.7 Å². The van der Waals surface area contributed by atoms with Gasteiger partial charge in [-0.25, -0.2) is 4.21 Å². The first-order chi connectivity index (χ1) is 9.95. The Morgan fingerprint density at radius 2 is 2.05 bits per heavy atom. The molecule has 0 bridgehead atoms. The van der Waals surface area contributed by atoms with Crippen molar-refractivity contribution in [3.63, 3.8) is 0 Å². The van der Waals surface area contributed by atoms with Gasteiger partial charge < -0.3 is 9.26 Å². The third-order valence-electron chi connectivity index (χ3n) is 2.54. The van der Waals surface area contributed by atoms with E-state index in [2.05, 4.69) is 9.55 Å². The van der Waals surface area contributed by atoms with E-state index in [1.165, 1.54) is 6.21 Å². The summed E-state index contributed by atoms with van der Waals surface area (Å²) in [5.41, 5.74) is 1.05. The van der Waals surface area contributed by atoms with Gasteiger partial charge in [0.05, 0.1) is 17.0 Å². The average molecular weight is 306 g/mol. The highest BCUT2D eigenvalue weighted by molar-refractivity contribution is 7.85. The van der Waals surface area contributed by atoms with E-state index in [1.807, 2.05) is 51.1 Å². The lowest BCUT2D eigenvalue weighted by Gasteiger charge is -2.12. The maximum Gasteiger partial charge on any atom is 0.255 e. The highest BCUT2D eigenvalue weighted by atomic mass is 32.2. The van der Waals surface area contributed by atoms with E-state index in [4.69, 9.17) is 9.26 Å². The number of hydrogen-bond donors (Lipinski definition) is 0. The van der Waals surface area contributed by atoms with Crippen LogP contribution in [-0.4, -0.2) is 20.3 Å². The molecular weight excluding hydrogens is 288 g/mol. The average Bonchev–Trinajstić information content (AvgIpc) is 2.90. The number of hydrogen-bond acceptors (Lipinski definition) is 4. The maximum absolute atomic E-state index is 11.8. The van der Waals surface area contributed by atoms with Gasteiger partial charge in [-0.15, -0.1) is 0 Å². The molecule has 0 amide bonds. The van der Waals surface area contributed by atoms with Crippen LogP contribution in [0.25, 0.3) is 0 Å². The summed E-state index contributed by atoms with van der Waals surface area (Å²) in [5, 5.41) is 3.78. The van der Waals surface area contributed by atoms with Crippen LogP contribution in [0.4, 0.5) is 0 Å². The van der Waals surface area contributed by atoms with Crippen molar-refractivity contribution in [3.8, 4) is 5.88 Å². The second-order valence-corrected chi connectivity index (χ2v) is 7.37. The molecule has 1 aromatic carbocycles. The van der Waals surface area contributed by atoms with Crippen LogP contribution in [0.2, 0.25) is 0 Å². The van der Waals surface area contributed by atoms with Gasteiger partial charge >= 0.3 is 0 Å². The SMILES string of the molecule is CC(C)(C)[S@](=O)N=Cc1cc(OCc2ccccc2)no1. The topological polar surface area (TPSA) is 64.7 Å². The Morgan fingerprint density at radius 1 is 1.33 bits per heavy atom. The van der Waals surface area contributed by atoms with Gasteiger partial charge in [0.1, 0.15) is 17.6 Å². The molecule has 0 saturated heterocycles. The first kappa shape index (κ1) is 15.4. The minimum absolute atomic E-state index is 0.377. The molecule has 0 radical (unpaired) electrons. The second-order valence-electron chi connectivity index (χ2n) is 5.44. The molecule has 112 valence electrons. The quantitative estimate of drug-likeness (QED) is 0.796. The van der Waals surface area contributed by atoms with E-state index >= 15 is 0 Å². The van der Waals surface area contributed by atoms with Crippen molar-refractivity contribution in [2.45, 2.75) is 32.1 Å². The van der Waals surface area contributed by atoms with Crippen LogP contribution < -0.4 is 4.74 Å². The Labute approximate surface area is 126 Å². The van der Waals surface area contributed by atoms with Crippen LogP contribution in [0.1, 0.15) is 32.1 Å². The van der Waals surface area contributed by atoms with Crippen LogP contribution in [0, 0.1) is 0 Å². The van der Waals surface area contributed by atoms with Gasteiger partial charge in [0, 0.05) is 0 Å². The Morgan fingerprint density at radius 3 is 2.71 bits per heavy atom. The fourth-order valence-corrected chi connectivity index (χ4v) is 1.91. The Bertz CT molecular complexity index is 630. The van der Waals surface area contributed by atoms with Crippen LogP contribution >= 0.6 is 0 Å². The molecule has 0 spiro atoms. The van der Waals surface area contributed by atoms with Crippen molar-refractivity contribution < 1.29 is 13.5 Å². The maximum atomic E-state index is 11.8.